The van der Waals surface area contributed by atoms with E-state index in [9.17, 15) is 0 Å². The third-order valence-corrected chi connectivity index (χ3v) is 2.46. The van der Waals surface area contributed by atoms with E-state index < -0.39 is 0 Å². The molecule has 0 aliphatic heterocycles. The highest BCUT2D eigenvalue weighted by Crippen LogP contribution is 2.14. The number of hydrogen-bond donors (Lipinski definition) is 2. The quantitative estimate of drug-likeness (QED) is 0.416. The largest absolute Gasteiger partial charge is 0.385 e. The molecule has 0 aliphatic carbocycles. The first kappa shape index (κ1) is 13.7. The molecule has 0 unspecified atom stereocenters. The minimum atomic E-state index is 0.644. The average Bonchev–Trinajstić information content (AvgIpc) is 2.38. The molecule has 96 valence electrons. The predicted octanol–water partition coefficient (Wildman–Crippen LogP) is 0.797. The number of aromatic nitrogens is 2. The molecule has 0 spiro atoms. The lowest BCUT2D eigenvalue weighted by Crippen LogP contribution is -2.22. The molecule has 1 heterocycles. The molecule has 0 aliphatic rings. The Morgan fingerprint density at radius 3 is 2.82 bits per heavy atom. The topological polar surface area (TPSA) is 76.3 Å². The molecule has 3 N–H and O–H groups in total. The molecule has 0 bridgehead atoms. The van der Waals surface area contributed by atoms with Gasteiger partial charge in [-0.15, -0.1) is 0 Å². The average molecular weight is 239 g/mol. The van der Waals surface area contributed by atoms with Crippen molar-refractivity contribution in [3.05, 3.63) is 11.9 Å². The lowest BCUT2D eigenvalue weighted by atomic mass is 10.3. The second kappa shape index (κ2) is 7.03. The number of hydrogen-bond acceptors (Lipinski definition) is 6. The van der Waals surface area contributed by atoms with E-state index in [1.165, 1.54) is 0 Å². The first-order chi connectivity index (χ1) is 8.21. The van der Waals surface area contributed by atoms with Gasteiger partial charge in [0.25, 0.3) is 0 Å². The Labute approximate surface area is 102 Å². The van der Waals surface area contributed by atoms with E-state index in [4.69, 9.17) is 10.6 Å². The van der Waals surface area contributed by atoms with Crippen molar-refractivity contribution in [2.24, 2.45) is 5.84 Å². The van der Waals surface area contributed by atoms with Crippen molar-refractivity contribution < 1.29 is 4.74 Å². The fourth-order valence-electron chi connectivity index (χ4n) is 1.47. The van der Waals surface area contributed by atoms with Gasteiger partial charge in [-0.05, 0) is 6.42 Å². The molecule has 1 aromatic rings. The summed E-state index contributed by atoms with van der Waals surface area (Å²) in [6, 6.07) is 1.84. The number of anilines is 2. The maximum Gasteiger partial charge on any atom is 0.145 e. The molecular formula is C11H21N5O. The predicted molar refractivity (Wildman–Crippen MR) is 69.0 cm³/mol. The second-order valence-corrected chi connectivity index (χ2v) is 3.79. The zero-order valence-corrected chi connectivity index (χ0v) is 10.7. The molecule has 0 radical (unpaired) electrons. The third-order valence-electron chi connectivity index (χ3n) is 2.46. The molecule has 6 nitrogen and oxygen atoms in total. The van der Waals surface area contributed by atoms with Gasteiger partial charge < -0.3 is 15.1 Å². The van der Waals surface area contributed by atoms with Gasteiger partial charge in [-0.25, -0.2) is 15.8 Å². The molecule has 0 atom stereocenters. The van der Waals surface area contributed by atoms with Crippen LogP contribution in [-0.4, -0.2) is 37.3 Å². The maximum absolute atomic E-state index is 5.39. The van der Waals surface area contributed by atoms with E-state index in [0.29, 0.717) is 5.82 Å². The van der Waals surface area contributed by atoms with Crippen molar-refractivity contribution in [1.82, 2.24) is 9.97 Å². The van der Waals surface area contributed by atoms with Gasteiger partial charge in [0.2, 0.25) is 0 Å². The van der Waals surface area contributed by atoms with Crippen LogP contribution in [0.3, 0.4) is 0 Å². The van der Waals surface area contributed by atoms with Gasteiger partial charge in [0, 0.05) is 39.8 Å². The summed E-state index contributed by atoms with van der Waals surface area (Å²) < 4.78 is 5.03. The van der Waals surface area contributed by atoms with Crippen molar-refractivity contribution >= 4 is 11.6 Å². The fourth-order valence-corrected chi connectivity index (χ4v) is 1.47. The van der Waals surface area contributed by atoms with Gasteiger partial charge in [0.05, 0.1) is 0 Å². The summed E-state index contributed by atoms with van der Waals surface area (Å²) in [5.41, 5.74) is 2.56. The number of ether oxygens (including phenoxy) is 1. The number of nitrogens with one attached hydrogen (secondary N) is 1. The summed E-state index contributed by atoms with van der Waals surface area (Å²) in [5.74, 6) is 7.69. The van der Waals surface area contributed by atoms with Gasteiger partial charge in [-0.2, -0.15) is 0 Å². The van der Waals surface area contributed by atoms with Crippen molar-refractivity contribution in [2.75, 3.05) is 37.6 Å². The standard InChI is InChI=1S/C11H21N5O/c1-4-9-13-10(15-12)8-11(14-9)16(2)6-5-7-17-3/h8H,4-7,12H2,1-3H3,(H,13,14,15). The third kappa shape index (κ3) is 4.16. The molecule has 0 fully saturated rings. The first-order valence-corrected chi connectivity index (χ1v) is 5.76. The van der Waals surface area contributed by atoms with Gasteiger partial charge in [-0.3, -0.25) is 0 Å². The number of nitrogen functional groups attached to an aromatic ring is 1. The monoisotopic (exact) mass is 239 g/mol. The number of aryl methyl sites for hydroxylation is 1. The van der Waals surface area contributed by atoms with Crippen molar-refractivity contribution in [3.63, 3.8) is 0 Å². The molecule has 0 saturated carbocycles. The fraction of sp³-hybridized carbons (Fsp3) is 0.636. The lowest BCUT2D eigenvalue weighted by Gasteiger charge is -2.19. The second-order valence-electron chi connectivity index (χ2n) is 3.79. The van der Waals surface area contributed by atoms with E-state index in [2.05, 4.69) is 20.3 Å². The minimum Gasteiger partial charge on any atom is -0.385 e. The summed E-state index contributed by atoms with van der Waals surface area (Å²) in [6.07, 6.45) is 1.75. The Morgan fingerprint density at radius 1 is 1.47 bits per heavy atom. The number of nitrogens with two attached hydrogens (primary N) is 1. The molecule has 17 heavy (non-hydrogen) atoms. The molecular weight excluding hydrogens is 218 g/mol. The van der Waals surface area contributed by atoms with Gasteiger partial charge >= 0.3 is 0 Å². The summed E-state index contributed by atoms with van der Waals surface area (Å²) >= 11 is 0. The van der Waals surface area contributed by atoms with E-state index in [-0.39, 0.29) is 0 Å². The Kier molecular flexibility index (Phi) is 5.65. The van der Waals surface area contributed by atoms with Crippen LogP contribution in [0.5, 0.6) is 0 Å². The number of hydrazine groups is 1. The molecule has 0 saturated heterocycles. The van der Waals surface area contributed by atoms with Crippen LogP contribution in [0, 0.1) is 0 Å². The van der Waals surface area contributed by atoms with Gasteiger partial charge in [-0.1, -0.05) is 6.92 Å². The van der Waals surface area contributed by atoms with Crippen LogP contribution in [0.2, 0.25) is 0 Å². The minimum absolute atomic E-state index is 0.644. The summed E-state index contributed by atoms with van der Waals surface area (Å²) in [5, 5.41) is 0. The van der Waals surface area contributed by atoms with Crippen LogP contribution >= 0.6 is 0 Å². The van der Waals surface area contributed by atoms with Gasteiger partial charge in [0.15, 0.2) is 0 Å². The Hall–Kier alpha value is -1.40. The van der Waals surface area contributed by atoms with Crippen LogP contribution in [0.1, 0.15) is 19.2 Å². The number of nitrogens with zero attached hydrogens (tertiary/aromatic N) is 3. The van der Waals surface area contributed by atoms with Crippen molar-refractivity contribution in [3.8, 4) is 0 Å². The van der Waals surface area contributed by atoms with Crippen LogP contribution in [0.15, 0.2) is 6.07 Å². The molecule has 0 aromatic carbocycles. The summed E-state index contributed by atoms with van der Waals surface area (Å²) in [6.45, 7) is 3.65. The molecule has 6 heteroatoms. The highest BCUT2D eigenvalue weighted by atomic mass is 16.5. The van der Waals surface area contributed by atoms with E-state index >= 15 is 0 Å². The van der Waals surface area contributed by atoms with E-state index in [1.54, 1.807) is 7.11 Å². The SMILES string of the molecule is CCc1nc(NN)cc(N(C)CCCOC)n1. The number of methoxy groups -OCH3 is 1. The zero-order chi connectivity index (χ0) is 12.7. The smallest absolute Gasteiger partial charge is 0.145 e. The van der Waals surface area contributed by atoms with E-state index in [0.717, 1.165) is 37.6 Å². The molecule has 1 rings (SSSR count). The number of rotatable bonds is 7. The van der Waals surface area contributed by atoms with Gasteiger partial charge in [0.1, 0.15) is 17.5 Å². The lowest BCUT2D eigenvalue weighted by molar-refractivity contribution is 0.196. The molecule has 1 aromatic heterocycles. The highest BCUT2D eigenvalue weighted by molar-refractivity contribution is 5.48. The van der Waals surface area contributed by atoms with E-state index in [1.807, 2.05) is 20.0 Å². The highest BCUT2D eigenvalue weighted by Gasteiger charge is 2.06. The summed E-state index contributed by atoms with van der Waals surface area (Å²) in [4.78, 5) is 10.8. The van der Waals surface area contributed by atoms with Crippen LogP contribution < -0.4 is 16.2 Å². The van der Waals surface area contributed by atoms with Crippen LogP contribution in [0.25, 0.3) is 0 Å². The normalized spacial score (nSPS) is 10.4. The Morgan fingerprint density at radius 2 is 2.24 bits per heavy atom. The molecule has 0 amide bonds. The van der Waals surface area contributed by atoms with Crippen LogP contribution in [-0.2, 0) is 11.2 Å². The Balaban J connectivity index is 2.73. The maximum atomic E-state index is 5.39. The van der Waals surface area contributed by atoms with Crippen LogP contribution in [0.4, 0.5) is 11.6 Å². The first-order valence-electron chi connectivity index (χ1n) is 5.76. The Bertz CT molecular complexity index is 322. The van der Waals surface area contributed by atoms with Crippen molar-refractivity contribution in [1.29, 1.82) is 0 Å². The zero-order valence-electron chi connectivity index (χ0n) is 10.7. The van der Waals surface area contributed by atoms with Crippen molar-refractivity contribution in [2.45, 2.75) is 19.8 Å². The summed E-state index contributed by atoms with van der Waals surface area (Å²) in [7, 11) is 3.70.